The van der Waals surface area contributed by atoms with E-state index in [1.54, 1.807) is 31.2 Å². The van der Waals surface area contributed by atoms with Crippen LogP contribution in [0.1, 0.15) is 19.4 Å². The van der Waals surface area contributed by atoms with E-state index in [1.165, 1.54) is 13.0 Å². The Morgan fingerprint density at radius 2 is 2.11 bits per heavy atom. The third-order valence-electron chi connectivity index (χ3n) is 2.19. The molecule has 5 nitrogen and oxygen atoms in total. The fourth-order valence-corrected chi connectivity index (χ4v) is 1.51. The van der Waals surface area contributed by atoms with Crippen molar-refractivity contribution in [2.45, 2.75) is 13.8 Å². The summed E-state index contributed by atoms with van der Waals surface area (Å²) in [6.45, 7) is 2.91. The molecular weight excluding hydrogens is 234 g/mol. The minimum Gasteiger partial charge on any atom is -0.426 e. The number of rotatable bonds is 2. The molecule has 0 unspecified atom stereocenters. The number of cyclic esters (lactones) is 1. The van der Waals surface area contributed by atoms with Crippen LogP contribution in [0.4, 0.5) is 0 Å². The number of aliphatic imine (C=N–C) groups is 1. The molecule has 5 heteroatoms. The van der Waals surface area contributed by atoms with Crippen LogP contribution in [0.2, 0.25) is 0 Å². The quantitative estimate of drug-likeness (QED) is 0.453. The Hall–Kier alpha value is -2.43. The van der Waals surface area contributed by atoms with E-state index in [1.807, 2.05) is 0 Å². The van der Waals surface area contributed by atoms with E-state index >= 15 is 0 Å². The molecule has 0 bridgehead atoms. The molecule has 0 saturated heterocycles. The highest BCUT2D eigenvalue weighted by molar-refractivity contribution is 6.06. The molecule has 0 aliphatic carbocycles. The van der Waals surface area contributed by atoms with E-state index in [9.17, 15) is 9.59 Å². The van der Waals surface area contributed by atoms with Crippen LogP contribution in [0.5, 0.6) is 5.75 Å². The highest BCUT2D eigenvalue weighted by atomic mass is 16.6. The average Bonchev–Trinajstić information content (AvgIpc) is 2.59. The molecule has 0 saturated carbocycles. The lowest BCUT2D eigenvalue weighted by Gasteiger charge is -2.04. The van der Waals surface area contributed by atoms with Crippen molar-refractivity contribution in [1.82, 2.24) is 0 Å². The lowest BCUT2D eigenvalue weighted by molar-refractivity contribution is -0.132. The van der Waals surface area contributed by atoms with Crippen molar-refractivity contribution in [1.29, 1.82) is 0 Å². The Kier molecular flexibility index (Phi) is 3.23. The molecule has 1 aliphatic heterocycles. The molecule has 2 rings (SSSR count). The predicted octanol–water partition coefficient (Wildman–Crippen LogP) is 1.93. The first-order valence-corrected chi connectivity index (χ1v) is 5.33. The number of carbonyl (C=O) groups excluding carboxylic acids is 2. The summed E-state index contributed by atoms with van der Waals surface area (Å²) in [4.78, 5) is 26.3. The number of carbonyl (C=O) groups is 2. The Bertz CT molecular complexity index is 572. The molecule has 0 N–H and O–H groups in total. The normalized spacial score (nSPS) is 16.4. The molecule has 1 aromatic rings. The molecule has 0 radical (unpaired) electrons. The zero-order chi connectivity index (χ0) is 13.1. The predicted molar refractivity (Wildman–Crippen MR) is 64.9 cm³/mol. The van der Waals surface area contributed by atoms with E-state index in [0.29, 0.717) is 17.2 Å². The zero-order valence-electron chi connectivity index (χ0n) is 9.97. The van der Waals surface area contributed by atoms with Crippen molar-refractivity contribution in [3.8, 4) is 5.75 Å². The summed E-state index contributed by atoms with van der Waals surface area (Å²) in [7, 11) is 0. The Morgan fingerprint density at radius 3 is 2.72 bits per heavy atom. The lowest BCUT2D eigenvalue weighted by Crippen LogP contribution is -2.03. The first kappa shape index (κ1) is 12.0. The fraction of sp³-hybridized carbons (Fsp3) is 0.154. The van der Waals surface area contributed by atoms with Crippen LogP contribution in [0, 0.1) is 0 Å². The van der Waals surface area contributed by atoms with Gasteiger partial charge in [-0.05, 0) is 12.1 Å². The van der Waals surface area contributed by atoms with Crippen LogP contribution < -0.4 is 4.74 Å². The molecule has 0 fully saturated rings. The van der Waals surface area contributed by atoms with E-state index in [2.05, 4.69) is 4.99 Å². The Labute approximate surface area is 104 Å². The number of nitrogens with zero attached hydrogens (tertiary/aromatic N) is 1. The van der Waals surface area contributed by atoms with E-state index in [-0.39, 0.29) is 5.70 Å². The molecule has 1 heterocycles. The molecule has 1 aromatic carbocycles. The van der Waals surface area contributed by atoms with E-state index < -0.39 is 11.9 Å². The number of ether oxygens (including phenoxy) is 2. The third kappa shape index (κ3) is 2.63. The first-order chi connectivity index (χ1) is 8.56. The van der Waals surface area contributed by atoms with Crippen molar-refractivity contribution in [3.05, 3.63) is 35.5 Å². The minimum absolute atomic E-state index is 0.187. The summed E-state index contributed by atoms with van der Waals surface area (Å²) in [6.07, 6.45) is 1.52. The number of benzene rings is 1. The van der Waals surface area contributed by atoms with Crippen molar-refractivity contribution >= 4 is 23.9 Å². The smallest absolute Gasteiger partial charge is 0.363 e. The second-order valence-corrected chi connectivity index (χ2v) is 3.68. The van der Waals surface area contributed by atoms with Gasteiger partial charge in [-0.3, -0.25) is 4.79 Å². The van der Waals surface area contributed by atoms with Gasteiger partial charge in [0.15, 0.2) is 11.6 Å². The molecule has 0 spiro atoms. The molecule has 1 aliphatic rings. The van der Waals surface area contributed by atoms with Crippen molar-refractivity contribution in [2.75, 3.05) is 0 Å². The van der Waals surface area contributed by atoms with Crippen LogP contribution in [-0.4, -0.2) is 17.8 Å². The summed E-state index contributed by atoms with van der Waals surface area (Å²) in [5, 5.41) is 0. The standard InChI is InChI=1S/C13H11NO4/c1-8-14-11(13(16)17-8)7-10-5-3-4-6-12(10)18-9(2)15/h3-7H,1-2H3. The number of hydrogen-bond donors (Lipinski definition) is 0. The maximum absolute atomic E-state index is 11.4. The summed E-state index contributed by atoms with van der Waals surface area (Å²) in [5.41, 5.74) is 0.783. The van der Waals surface area contributed by atoms with E-state index in [4.69, 9.17) is 9.47 Å². The molecule has 0 amide bonds. The van der Waals surface area contributed by atoms with Gasteiger partial charge in [-0.2, -0.15) is 0 Å². The maximum atomic E-state index is 11.4. The van der Waals surface area contributed by atoms with Gasteiger partial charge in [-0.1, -0.05) is 18.2 Å². The second-order valence-electron chi connectivity index (χ2n) is 3.68. The van der Waals surface area contributed by atoms with Crippen LogP contribution in [0.25, 0.3) is 6.08 Å². The highest BCUT2D eigenvalue weighted by Crippen LogP contribution is 2.23. The molecule has 18 heavy (non-hydrogen) atoms. The SMILES string of the molecule is CC(=O)Oc1ccccc1C=C1N=C(C)OC1=O. The molecular formula is C13H11NO4. The highest BCUT2D eigenvalue weighted by Gasteiger charge is 2.20. The van der Waals surface area contributed by atoms with Gasteiger partial charge in [-0.15, -0.1) is 0 Å². The summed E-state index contributed by atoms with van der Waals surface area (Å²) in [6, 6.07) is 6.88. The van der Waals surface area contributed by atoms with Gasteiger partial charge in [0, 0.05) is 19.4 Å². The third-order valence-corrected chi connectivity index (χ3v) is 2.19. The summed E-state index contributed by atoms with van der Waals surface area (Å²) >= 11 is 0. The largest absolute Gasteiger partial charge is 0.426 e. The van der Waals surface area contributed by atoms with Gasteiger partial charge < -0.3 is 9.47 Å². The van der Waals surface area contributed by atoms with Crippen LogP contribution in [0.15, 0.2) is 35.0 Å². The average molecular weight is 245 g/mol. The first-order valence-electron chi connectivity index (χ1n) is 5.33. The van der Waals surface area contributed by atoms with Gasteiger partial charge in [0.25, 0.3) is 0 Å². The monoisotopic (exact) mass is 245 g/mol. The number of hydrogen-bond acceptors (Lipinski definition) is 5. The van der Waals surface area contributed by atoms with Gasteiger partial charge in [0.1, 0.15) is 5.75 Å². The van der Waals surface area contributed by atoms with Crippen LogP contribution >= 0.6 is 0 Å². The Morgan fingerprint density at radius 1 is 1.39 bits per heavy atom. The topological polar surface area (TPSA) is 65.0 Å². The van der Waals surface area contributed by atoms with Crippen molar-refractivity contribution in [2.24, 2.45) is 4.99 Å². The zero-order valence-corrected chi connectivity index (χ0v) is 9.97. The number of para-hydroxylation sites is 1. The summed E-state index contributed by atoms with van der Waals surface area (Å²) in [5.74, 6) is -0.249. The van der Waals surface area contributed by atoms with E-state index in [0.717, 1.165) is 0 Å². The fourth-order valence-electron chi connectivity index (χ4n) is 1.51. The van der Waals surface area contributed by atoms with Crippen molar-refractivity contribution < 1.29 is 19.1 Å². The minimum atomic E-state index is -0.509. The van der Waals surface area contributed by atoms with Gasteiger partial charge in [0.05, 0.1) is 0 Å². The molecule has 0 atom stereocenters. The summed E-state index contributed by atoms with van der Waals surface area (Å²) < 4.78 is 9.84. The molecule has 92 valence electrons. The van der Waals surface area contributed by atoms with Crippen LogP contribution in [-0.2, 0) is 14.3 Å². The van der Waals surface area contributed by atoms with Gasteiger partial charge in [-0.25, -0.2) is 9.79 Å². The second kappa shape index (κ2) is 4.83. The van der Waals surface area contributed by atoms with Crippen LogP contribution in [0.3, 0.4) is 0 Å². The Balaban J connectivity index is 2.37. The molecule has 0 aromatic heterocycles. The van der Waals surface area contributed by atoms with Crippen molar-refractivity contribution in [3.63, 3.8) is 0 Å². The number of esters is 2. The van der Waals surface area contributed by atoms with Gasteiger partial charge in [0.2, 0.25) is 0 Å². The lowest BCUT2D eigenvalue weighted by atomic mass is 10.1. The van der Waals surface area contributed by atoms with Gasteiger partial charge >= 0.3 is 11.9 Å². The maximum Gasteiger partial charge on any atom is 0.363 e.